The van der Waals surface area contributed by atoms with Crippen LogP contribution in [0.25, 0.3) is 0 Å². The van der Waals surface area contributed by atoms with Gasteiger partial charge < -0.3 is 10.1 Å². The Morgan fingerprint density at radius 3 is 2.61 bits per heavy atom. The van der Waals surface area contributed by atoms with Gasteiger partial charge in [0.1, 0.15) is 6.23 Å². The average Bonchev–Trinajstić information content (AvgIpc) is 3.06. The van der Waals surface area contributed by atoms with Gasteiger partial charge in [-0.05, 0) is 50.7 Å². The molecule has 0 amide bonds. The molecule has 3 heterocycles. The highest BCUT2D eigenvalue weighted by Gasteiger charge is 2.34. The maximum Gasteiger partial charge on any atom is 0.151 e. The predicted molar refractivity (Wildman–Crippen MR) is 95.7 cm³/mol. The van der Waals surface area contributed by atoms with Gasteiger partial charge in [0, 0.05) is 30.1 Å². The molecule has 5 atom stereocenters. The molecule has 3 saturated heterocycles. The van der Waals surface area contributed by atoms with Crippen molar-refractivity contribution in [1.82, 2.24) is 10.6 Å². The van der Waals surface area contributed by atoms with Crippen LogP contribution in [-0.2, 0) is 14.6 Å². The SMILES string of the molecule is CS(=O)(=O)C1CCC(C2CCCC(OCC3CCCS3)N2)NC1. The smallest absolute Gasteiger partial charge is 0.151 e. The van der Waals surface area contributed by atoms with Crippen molar-refractivity contribution in [3.63, 3.8) is 0 Å². The second kappa shape index (κ2) is 8.04. The highest BCUT2D eigenvalue weighted by atomic mass is 32.2. The van der Waals surface area contributed by atoms with Gasteiger partial charge in [0.2, 0.25) is 0 Å². The maximum absolute atomic E-state index is 11.7. The number of rotatable bonds is 5. The highest BCUT2D eigenvalue weighted by Crippen LogP contribution is 2.27. The summed E-state index contributed by atoms with van der Waals surface area (Å²) in [6.45, 7) is 1.45. The van der Waals surface area contributed by atoms with Crippen molar-refractivity contribution in [3.05, 3.63) is 0 Å². The van der Waals surface area contributed by atoms with Crippen LogP contribution in [0, 0.1) is 0 Å². The van der Waals surface area contributed by atoms with Crippen LogP contribution < -0.4 is 10.6 Å². The van der Waals surface area contributed by atoms with Gasteiger partial charge in [0.25, 0.3) is 0 Å². The maximum atomic E-state index is 11.7. The first-order chi connectivity index (χ1) is 11.0. The molecule has 7 heteroatoms. The van der Waals surface area contributed by atoms with Crippen LogP contribution in [0.15, 0.2) is 0 Å². The number of sulfone groups is 1. The van der Waals surface area contributed by atoms with E-state index in [1.807, 2.05) is 11.8 Å². The van der Waals surface area contributed by atoms with Gasteiger partial charge in [-0.3, -0.25) is 5.32 Å². The molecule has 5 nitrogen and oxygen atoms in total. The van der Waals surface area contributed by atoms with Gasteiger partial charge in [-0.25, -0.2) is 8.42 Å². The Morgan fingerprint density at radius 2 is 1.96 bits per heavy atom. The number of nitrogens with one attached hydrogen (secondary N) is 2. The van der Waals surface area contributed by atoms with Crippen molar-refractivity contribution < 1.29 is 13.2 Å². The van der Waals surface area contributed by atoms with Gasteiger partial charge in [0.05, 0.1) is 11.9 Å². The number of hydrogen-bond donors (Lipinski definition) is 2. The van der Waals surface area contributed by atoms with Crippen molar-refractivity contribution in [1.29, 1.82) is 0 Å². The van der Waals surface area contributed by atoms with E-state index in [9.17, 15) is 8.42 Å². The lowest BCUT2D eigenvalue weighted by atomic mass is 9.91. The molecule has 5 unspecified atom stereocenters. The summed E-state index contributed by atoms with van der Waals surface area (Å²) >= 11 is 2.04. The van der Waals surface area contributed by atoms with Crippen molar-refractivity contribution >= 4 is 21.6 Å². The molecule has 0 aromatic rings. The standard InChI is InChI=1S/C16H30N2O3S2/c1-23(19,20)13-7-8-14(17-10-13)15-5-2-6-16(18-15)21-11-12-4-3-9-22-12/h12-18H,2-11H2,1H3. The third-order valence-electron chi connectivity index (χ3n) is 5.39. The van der Waals surface area contributed by atoms with Crippen molar-refractivity contribution in [3.8, 4) is 0 Å². The Balaban J connectivity index is 1.43. The van der Waals surface area contributed by atoms with Gasteiger partial charge >= 0.3 is 0 Å². The third-order valence-corrected chi connectivity index (χ3v) is 8.37. The van der Waals surface area contributed by atoms with Crippen LogP contribution in [0.4, 0.5) is 0 Å². The minimum Gasteiger partial charge on any atom is -0.362 e. The van der Waals surface area contributed by atoms with Crippen LogP contribution >= 0.6 is 11.8 Å². The molecule has 0 bridgehead atoms. The average molecular weight is 363 g/mol. The van der Waals surface area contributed by atoms with E-state index in [1.165, 1.54) is 31.3 Å². The van der Waals surface area contributed by atoms with E-state index >= 15 is 0 Å². The Morgan fingerprint density at radius 1 is 1.09 bits per heavy atom. The number of thioether (sulfide) groups is 1. The van der Waals surface area contributed by atoms with E-state index in [-0.39, 0.29) is 11.5 Å². The van der Waals surface area contributed by atoms with Gasteiger partial charge in [-0.15, -0.1) is 0 Å². The van der Waals surface area contributed by atoms with E-state index in [0.717, 1.165) is 32.3 Å². The van der Waals surface area contributed by atoms with Crippen LogP contribution in [0.2, 0.25) is 0 Å². The third kappa shape index (κ3) is 5.08. The molecule has 3 aliphatic heterocycles. The summed E-state index contributed by atoms with van der Waals surface area (Å²) in [7, 11) is -2.92. The molecular formula is C16H30N2O3S2. The lowest BCUT2D eigenvalue weighted by molar-refractivity contribution is -0.00532. The number of hydrogen-bond acceptors (Lipinski definition) is 6. The molecule has 23 heavy (non-hydrogen) atoms. The minimum absolute atomic E-state index is 0.171. The van der Waals surface area contributed by atoms with E-state index < -0.39 is 9.84 Å². The quantitative estimate of drug-likeness (QED) is 0.773. The van der Waals surface area contributed by atoms with E-state index in [1.54, 1.807) is 0 Å². The topological polar surface area (TPSA) is 67.4 Å². The summed E-state index contributed by atoms with van der Waals surface area (Å²) in [5, 5.41) is 7.59. The monoisotopic (exact) mass is 362 g/mol. The van der Waals surface area contributed by atoms with Gasteiger partial charge in [-0.2, -0.15) is 11.8 Å². The predicted octanol–water partition coefficient (Wildman–Crippen LogP) is 1.53. The normalized spacial score (nSPS) is 39.4. The molecule has 2 N–H and O–H groups in total. The molecule has 0 radical (unpaired) electrons. The highest BCUT2D eigenvalue weighted by molar-refractivity contribution is 8.00. The summed E-state index contributed by atoms with van der Waals surface area (Å²) in [5.41, 5.74) is 0. The van der Waals surface area contributed by atoms with Crippen molar-refractivity contribution in [2.24, 2.45) is 0 Å². The molecular weight excluding hydrogens is 332 g/mol. The first-order valence-corrected chi connectivity index (χ1v) is 11.9. The minimum atomic E-state index is -2.92. The fraction of sp³-hybridized carbons (Fsp3) is 1.00. The Labute approximate surface area is 144 Å². The molecule has 134 valence electrons. The zero-order valence-corrected chi connectivity index (χ0v) is 15.6. The molecule has 3 aliphatic rings. The van der Waals surface area contributed by atoms with E-state index in [0.29, 0.717) is 23.9 Å². The van der Waals surface area contributed by atoms with Crippen LogP contribution in [-0.4, -0.2) is 62.4 Å². The van der Waals surface area contributed by atoms with E-state index in [4.69, 9.17) is 4.74 Å². The summed E-state index contributed by atoms with van der Waals surface area (Å²) in [5.74, 6) is 1.28. The van der Waals surface area contributed by atoms with Gasteiger partial charge in [-0.1, -0.05) is 0 Å². The first kappa shape index (κ1) is 18.0. The Hall–Kier alpha value is 0.180. The Bertz CT molecular complexity index is 472. The Kier molecular flexibility index (Phi) is 6.29. The summed E-state index contributed by atoms with van der Waals surface area (Å²) < 4.78 is 29.4. The summed E-state index contributed by atoms with van der Waals surface area (Å²) in [6.07, 6.45) is 9.28. The first-order valence-electron chi connectivity index (χ1n) is 8.94. The second-order valence-electron chi connectivity index (χ2n) is 7.20. The summed E-state index contributed by atoms with van der Waals surface area (Å²) in [6, 6.07) is 0.783. The van der Waals surface area contributed by atoms with Crippen LogP contribution in [0.5, 0.6) is 0 Å². The van der Waals surface area contributed by atoms with Crippen LogP contribution in [0.1, 0.15) is 44.9 Å². The molecule has 0 spiro atoms. The number of piperidine rings is 2. The molecule has 0 aromatic carbocycles. The van der Waals surface area contributed by atoms with Crippen molar-refractivity contribution in [2.75, 3.05) is 25.2 Å². The second-order valence-corrected chi connectivity index (χ2v) is 10.9. The molecule has 3 fully saturated rings. The molecule has 0 saturated carbocycles. The largest absolute Gasteiger partial charge is 0.362 e. The van der Waals surface area contributed by atoms with Crippen molar-refractivity contribution in [2.45, 2.75) is 73.8 Å². The summed E-state index contributed by atoms with van der Waals surface area (Å²) in [4.78, 5) is 0. The zero-order valence-electron chi connectivity index (χ0n) is 14.0. The lowest BCUT2D eigenvalue weighted by Gasteiger charge is -2.39. The fourth-order valence-electron chi connectivity index (χ4n) is 3.94. The van der Waals surface area contributed by atoms with Crippen LogP contribution in [0.3, 0.4) is 0 Å². The molecule has 0 aromatic heterocycles. The van der Waals surface area contributed by atoms with E-state index in [2.05, 4.69) is 10.6 Å². The zero-order chi connectivity index (χ0) is 16.3. The fourth-order valence-corrected chi connectivity index (χ4v) is 6.08. The number of ether oxygens (including phenoxy) is 1. The molecule has 3 rings (SSSR count). The lowest BCUT2D eigenvalue weighted by Crippen LogP contribution is -2.58. The van der Waals surface area contributed by atoms with Gasteiger partial charge in [0.15, 0.2) is 9.84 Å². The molecule has 0 aliphatic carbocycles.